The maximum Gasteiger partial charge on any atom is 0.266 e. The highest BCUT2D eigenvalue weighted by Gasteiger charge is 2.22. The molecule has 5 heteroatoms. The molecule has 0 fully saturated rings. The van der Waals surface area contributed by atoms with Crippen LogP contribution in [0.4, 0.5) is 5.82 Å². The average Bonchev–Trinajstić information content (AvgIpc) is 2.89. The summed E-state index contributed by atoms with van der Waals surface area (Å²) in [4.78, 5) is 12.2. The Morgan fingerprint density at radius 3 is 2.59 bits per heavy atom. The third-order valence-corrected chi connectivity index (χ3v) is 3.27. The topological polar surface area (TPSA) is 64.4 Å². The predicted octanol–water partition coefficient (Wildman–Crippen LogP) is 3.69. The smallest absolute Gasteiger partial charge is 0.266 e. The summed E-state index contributed by atoms with van der Waals surface area (Å²) in [7, 11) is 0. The molecule has 1 heterocycles. The molecule has 0 aliphatic carbocycles. The van der Waals surface area contributed by atoms with Crippen molar-refractivity contribution >= 4 is 11.7 Å². The number of hydrogen-bond donors (Lipinski definition) is 1. The zero-order chi connectivity index (χ0) is 16.3. The van der Waals surface area contributed by atoms with Gasteiger partial charge in [-0.15, -0.1) is 0 Å². The Balaban J connectivity index is 2.00. The monoisotopic (exact) mass is 302 g/mol. The Morgan fingerprint density at radius 2 is 2.00 bits per heavy atom. The van der Waals surface area contributed by atoms with E-state index in [2.05, 4.69) is 10.5 Å². The molecule has 5 nitrogen and oxygen atoms in total. The molecule has 0 saturated carbocycles. The number of benzene rings is 1. The molecule has 22 heavy (non-hydrogen) atoms. The van der Waals surface area contributed by atoms with Crippen LogP contribution >= 0.6 is 0 Å². The molecule has 0 bridgehead atoms. The molecule has 1 N–H and O–H groups in total. The van der Waals surface area contributed by atoms with Gasteiger partial charge in [0.05, 0.1) is 0 Å². The van der Waals surface area contributed by atoms with Gasteiger partial charge >= 0.3 is 0 Å². The molecule has 0 aliphatic rings. The summed E-state index contributed by atoms with van der Waals surface area (Å²) in [5, 5.41) is 6.57. The largest absolute Gasteiger partial charge is 0.481 e. The second kappa shape index (κ2) is 6.22. The number of carbonyl (C=O) groups excluding carboxylic acids is 1. The highest BCUT2D eigenvalue weighted by molar-refractivity contribution is 5.93. The Morgan fingerprint density at radius 1 is 1.32 bits per heavy atom. The molecule has 1 amide bonds. The molecule has 0 radical (unpaired) electrons. The van der Waals surface area contributed by atoms with E-state index < -0.39 is 6.10 Å². The zero-order valence-electron chi connectivity index (χ0n) is 13.6. The van der Waals surface area contributed by atoms with Crippen LogP contribution in [0.5, 0.6) is 5.75 Å². The quantitative estimate of drug-likeness (QED) is 0.935. The first kappa shape index (κ1) is 16.1. The number of carbonyl (C=O) groups is 1. The fourth-order valence-corrected chi connectivity index (χ4v) is 1.85. The highest BCUT2D eigenvalue weighted by atomic mass is 16.5. The number of aryl methyl sites for hydroxylation is 1. The number of ether oxygens (including phenoxy) is 1. The van der Waals surface area contributed by atoms with Crippen molar-refractivity contribution in [1.82, 2.24) is 5.16 Å². The lowest BCUT2D eigenvalue weighted by atomic mass is 9.93. The van der Waals surface area contributed by atoms with Crippen molar-refractivity contribution in [2.75, 3.05) is 5.32 Å². The Bertz CT molecular complexity index is 656. The lowest BCUT2D eigenvalue weighted by molar-refractivity contribution is -0.122. The molecular weight excluding hydrogens is 280 g/mol. The van der Waals surface area contributed by atoms with E-state index in [0.717, 1.165) is 11.3 Å². The van der Waals surface area contributed by atoms with Gasteiger partial charge in [-0.1, -0.05) is 44.1 Å². The zero-order valence-corrected chi connectivity index (χ0v) is 13.6. The van der Waals surface area contributed by atoms with Gasteiger partial charge in [0.2, 0.25) is 0 Å². The van der Waals surface area contributed by atoms with Crippen molar-refractivity contribution in [1.29, 1.82) is 0 Å². The number of aromatic nitrogens is 1. The lowest BCUT2D eigenvalue weighted by Gasteiger charge is -2.15. The molecular formula is C17H22N2O3. The van der Waals surface area contributed by atoms with Gasteiger partial charge in [0.15, 0.2) is 11.9 Å². The summed E-state index contributed by atoms with van der Waals surface area (Å²) in [6, 6.07) is 9.31. The fourth-order valence-electron chi connectivity index (χ4n) is 1.85. The van der Waals surface area contributed by atoms with E-state index in [4.69, 9.17) is 9.26 Å². The molecule has 118 valence electrons. The number of rotatable bonds is 4. The van der Waals surface area contributed by atoms with Crippen LogP contribution in [0.3, 0.4) is 0 Å². The second-order valence-electron chi connectivity index (χ2n) is 6.34. The molecule has 1 aromatic heterocycles. The minimum atomic E-state index is -0.629. The number of hydrogen-bond acceptors (Lipinski definition) is 4. The normalized spacial score (nSPS) is 12.8. The summed E-state index contributed by atoms with van der Waals surface area (Å²) >= 11 is 0. The molecule has 1 atom stereocenters. The summed E-state index contributed by atoms with van der Waals surface area (Å²) in [5.41, 5.74) is 0.831. The van der Waals surface area contributed by atoms with Gasteiger partial charge in [0.1, 0.15) is 11.5 Å². The molecule has 0 unspecified atom stereocenters. The third-order valence-electron chi connectivity index (χ3n) is 3.27. The van der Waals surface area contributed by atoms with E-state index in [-0.39, 0.29) is 11.3 Å². The molecule has 2 aromatic rings. The van der Waals surface area contributed by atoms with Crippen LogP contribution in [-0.2, 0) is 10.2 Å². The highest BCUT2D eigenvalue weighted by Crippen LogP contribution is 2.24. The predicted molar refractivity (Wildman–Crippen MR) is 85.1 cm³/mol. The van der Waals surface area contributed by atoms with Gasteiger partial charge in [0, 0.05) is 11.5 Å². The Kier molecular flexibility index (Phi) is 4.54. The fraction of sp³-hybridized carbons (Fsp3) is 0.412. The van der Waals surface area contributed by atoms with E-state index in [9.17, 15) is 4.79 Å². The minimum absolute atomic E-state index is 0.154. The maximum atomic E-state index is 12.2. The number of nitrogens with zero attached hydrogens (tertiary/aromatic N) is 1. The Labute approximate surface area is 130 Å². The van der Waals surface area contributed by atoms with Crippen molar-refractivity contribution in [3.8, 4) is 5.75 Å². The molecule has 1 aromatic carbocycles. The van der Waals surface area contributed by atoms with E-state index in [0.29, 0.717) is 11.6 Å². The summed E-state index contributed by atoms with van der Waals surface area (Å²) < 4.78 is 10.9. The molecule has 0 saturated heterocycles. The average molecular weight is 302 g/mol. The lowest BCUT2D eigenvalue weighted by Crippen LogP contribution is -2.30. The van der Waals surface area contributed by atoms with Crippen molar-refractivity contribution in [2.24, 2.45) is 0 Å². The van der Waals surface area contributed by atoms with Crippen LogP contribution in [-0.4, -0.2) is 17.2 Å². The third kappa shape index (κ3) is 3.87. The van der Waals surface area contributed by atoms with Crippen molar-refractivity contribution in [2.45, 2.75) is 46.1 Å². The van der Waals surface area contributed by atoms with Crippen LogP contribution in [0.1, 0.15) is 39.0 Å². The second-order valence-corrected chi connectivity index (χ2v) is 6.34. The minimum Gasteiger partial charge on any atom is -0.481 e. The van der Waals surface area contributed by atoms with Crippen LogP contribution < -0.4 is 10.1 Å². The van der Waals surface area contributed by atoms with Crippen LogP contribution in [0.2, 0.25) is 0 Å². The van der Waals surface area contributed by atoms with Gasteiger partial charge in [-0.2, -0.15) is 0 Å². The summed E-state index contributed by atoms with van der Waals surface area (Å²) in [6.45, 7) is 9.69. The van der Waals surface area contributed by atoms with Gasteiger partial charge in [-0.05, 0) is 25.5 Å². The first-order valence-corrected chi connectivity index (χ1v) is 7.27. The van der Waals surface area contributed by atoms with Crippen LogP contribution in [0.15, 0.2) is 34.9 Å². The number of anilines is 1. The molecule has 2 rings (SSSR count). The summed E-state index contributed by atoms with van der Waals surface area (Å²) in [6.07, 6.45) is -0.629. The van der Waals surface area contributed by atoms with Gasteiger partial charge in [-0.3, -0.25) is 4.79 Å². The first-order valence-electron chi connectivity index (χ1n) is 7.27. The van der Waals surface area contributed by atoms with Crippen LogP contribution in [0, 0.1) is 6.92 Å². The molecule has 0 aliphatic heterocycles. The number of amides is 1. The van der Waals surface area contributed by atoms with E-state index >= 15 is 0 Å². The van der Waals surface area contributed by atoms with E-state index in [1.54, 1.807) is 13.0 Å². The van der Waals surface area contributed by atoms with Crippen molar-refractivity contribution < 1.29 is 14.1 Å². The van der Waals surface area contributed by atoms with E-state index in [1.165, 1.54) is 0 Å². The molecule has 0 spiro atoms. The first-order chi connectivity index (χ1) is 10.3. The van der Waals surface area contributed by atoms with Gasteiger partial charge < -0.3 is 14.6 Å². The SMILES string of the molecule is Cc1ccccc1O[C@H](C)C(=O)Nc1cc(C(C)(C)C)on1. The standard InChI is InChI=1S/C17H22N2O3/c1-11-8-6-7-9-13(11)21-12(2)16(20)18-15-10-14(22-19-15)17(3,4)5/h6-10,12H,1-5H3,(H,18,19,20)/t12-/m1/s1. The van der Waals surface area contributed by atoms with Crippen molar-refractivity contribution in [3.63, 3.8) is 0 Å². The van der Waals surface area contributed by atoms with Gasteiger partial charge in [0.25, 0.3) is 5.91 Å². The van der Waals surface area contributed by atoms with Gasteiger partial charge in [-0.25, -0.2) is 0 Å². The summed E-state index contributed by atoms with van der Waals surface area (Å²) in [5.74, 6) is 1.54. The number of para-hydroxylation sites is 1. The van der Waals surface area contributed by atoms with Crippen LogP contribution in [0.25, 0.3) is 0 Å². The van der Waals surface area contributed by atoms with Crippen molar-refractivity contribution in [3.05, 3.63) is 41.7 Å². The Hall–Kier alpha value is -2.30. The van der Waals surface area contributed by atoms with E-state index in [1.807, 2.05) is 52.0 Å². The number of nitrogens with one attached hydrogen (secondary N) is 1. The maximum absolute atomic E-state index is 12.2.